The van der Waals surface area contributed by atoms with Crippen LogP contribution < -0.4 is 5.73 Å². The number of halogens is 1. The van der Waals surface area contributed by atoms with Gasteiger partial charge in [-0.1, -0.05) is 39.5 Å². The maximum Gasteiger partial charge on any atom is 0.126 e. The number of rotatable bonds is 4. The summed E-state index contributed by atoms with van der Waals surface area (Å²) in [4.78, 5) is 0. The highest BCUT2D eigenvalue weighted by Gasteiger charge is 2.41. The zero-order valence-corrected chi connectivity index (χ0v) is 9.56. The van der Waals surface area contributed by atoms with E-state index in [0.29, 0.717) is 12.3 Å². The van der Waals surface area contributed by atoms with E-state index in [1.807, 2.05) is 6.92 Å². The number of hydrogen-bond acceptors (Lipinski definition) is 1. The Kier molecular flexibility index (Phi) is 4.36. The molecule has 0 aromatic rings. The van der Waals surface area contributed by atoms with Crippen molar-refractivity contribution in [3.8, 4) is 0 Å². The fourth-order valence-corrected chi connectivity index (χ4v) is 2.94. The molecule has 1 fully saturated rings. The average Bonchev–Trinajstić information content (AvgIpc) is 2.28. The van der Waals surface area contributed by atoms with Crippen molar-refractivity contribution < 1.29 is 4.39 Å². The predicted octanol–water partition coefficient (Wildman–Crippen LogP) is 3.28. The Hall–Kier alpha value is -0.110. The van der Waals surface area contributed by atoms with E-state index < -0.39 is 5.67 Å². The van der Waals surface area contributed by atoms with Crippen LogP contribution in [0.4, 0.5) is 4.39 Å². The molecule has 2 heteroatoms. The van der Waals surface area contributed by atoms with Crippen LogP contribution in [0.3, 0.4) is 0 Å². The summed E-state index contributed by atoms with van der Waals surface area (Å²) in [6.45, 7) is 4.30. The second kappa shape index (κ2) is 5.11. The normalized spacial score (nSPS) is 32.6. The van der Waals surface area contributed by atoms with E-state index in [9.17, 15) is 4.39 Å². The lowest BCUT2D eigenvalue weighted by molar-refractivity contribution is 0.0204. The standard InChI is InChI=1S/C12H24FN/c1-3-10-7-5-6-8-11(10)12(13,4-2)9-14/h10-11H,3-9,14H2,1-2H3. The Bertz CT molecular complexity index is 166. The maximum atomic E-state index is 14.4. The first-order valence-electron chi connectivity index (χ1n) is 6.07. The van der Waals surface area contributed by atoms with Gasteiger partial charge >= 0.3 is 0 Å². The molecule has 1 aliphatic carbocycles. The van der Waals surface area contributed by atoms with Gasteiger partial charge in [-0.2, -0.15) is 0 Å². The van der Waals surface area contributed by atoms with Gasteiger partial charge in [0.05, 0.1) is 0 Å². The molecule has 0 radical (unpaired) electrons. The first-order chi connectivity index (χ1) is 6.68. The van der Waals surface area contributed by atoms with Gasteiger partial charge in [-0.05, 0) is 24.7 Å². The highest BCUT2D eigenvalue weighted by molar-refractivity contribution is 4.92. The third-order valence-corrected chi connectivity index (χ3v) is 4.03. The summed E-state index contributed by atoms with van der Waals surface area (Å²) in [7, 11) is 0. The fourth-order valence-electron chi connectivity index (χ4n) is 2.94. The summed E-state index contributed by atoms with van der Waals surface area (Å²) in [5.41, 5.74) is 4.49. The van der Waals surface area contributed by atoms with Crippen LogP contribution in [-0.4, -0.2) is 12.2 Å². The zero-order valence-electron chi connectivity index (χ0n) is 9.56. The molecule has 84 valence electrons. The molecule has 14 heavy (non-hydrogen) atoms. The summed E-state index contributed by atoms with van der Waals surface area (Å²) in [5.74, 6) is 0.786. The SMILES string of the molecule is CCC1CCCCC1C(F)(CC)CN. The van der Waals surface area contributed by atoms with Crippen LogP contribution in [0.15, 0.2) is 0 Å². The van der Waals surface area contributed by atoms with Crippen LogP contribution in [0.5, 0.6) is 0 Å². The third-order valence-electron chi connectivity index (χ3n) is 4.03. The van der Waals surface area contributed by atoms with Crippen molar-refractivity contribution in [1.82, 2.24) is 0 Å². The van der Waals surface area contributed by atoms with E-state index in [0.717, 1.165) is 12.8 Å². The number of nitrogens with two attached hydrogens (primary N) is 1. The molecule has 0 bridgehead atoms. The van der Waals surface area contributed by atoms with Crippen LogP contribution in [0.1, 0.15) is 52.4 Å². The van der Waals surface area contributed by atoms with Crippen LogP contribution in [0, 0.1) is 11.8 Å². The number of hydrogen-bond donors (Lipinski definition) is 1. The lowest BCUT2D eigenvalue weighted by Crippen LogP contribution is -2.44. The molecule has 0 heterocycles. The first kappa shape index (κ1) is 12.0. The average molecular weight is 201 g/mol. The smallest absolute Gasteiger partial charge is 0.126 e. The van der Waals surface area contributed by atoms with Gasteiger partial charge in [-0.3, -0.25) is 0 Å². The quantitative estimate of drug-likeness (QED) is 0.742. The Morgan fingerprint density at radius 1 is 1.29 bits per heavy atom. The summed E-state index contributed by atoms with van der Waals surface area (Å²) in [6.07, 6.45) is 6.39. The lowest BCUT2D eigenvalue weighted by Gasteiger charge is -2.40. The van der Waals surface area contributed by atoms with E-state index in [4.69, 9.17) is 5.73 Å². The van der Waals surface area contributed by atoms with Gasteiger partial charge in [0.15, 0.2) is 0 Å². The van der Waals surface area contributed by atoms with Crippen LogP contribution in [-0.2, 0) is 0 Å². The largest absolute Gasteiger partial charge is 0.328 e. The highest BCUT2D eigenvalue weighted by atomic mass is 19.1. The Morgan fingerprint density at radius 2 is 1.93 bits per heavy atom. The van der Waals surface area contributed by atoms with Gasteiger partial charge in [0, 0.05) is 6.54 Å². The molecule has 2 N–H and O–H groups in total. The minimum absolute atomic E-state index is 0.199. The molecule has 0 aromatic heterocycles. The van der Waals surface area contributed by atoms with Gasteiger partial charge < -0.3 is 5.73 Å². The van der Waals surface area contributed by atoms with Gasteiger partial charge in [0.1, 0.15) is 5.67 Å². The second-order valence-electron chi connectivity index (χ2n) is 4.65. The molecule has 1 saturated carbocycles. The summed E-state index contributed by atoms with van der Waals surface area (Å²) >= 11 is 0. The Labute approximate surface area is 87.3 Å². The summed E-state index contributed by atoms with van der Waals surface area (Å²) < 4.78 is 14.4. The van der Waals surface area contributed by atoms with Crippen molar-refractivity contribution in [2.45, 2.75) is 58.0 Å². The van der Waals surface area contributed by atoms with Gasteiger partial charge in [-0.15, -0.1) is 0 Å². The van der Waals surface area contributed by atoms with Crippen molar-refractivity contribution in [3.63, 3.8) is 0 Å². The van der Waals surface area contributed by atoms with E-state index >= 15 is 0 Å². The van der Waals surface area contributed by atoms with E-state index in [2.05, 4.69) is 6.92 Å². The number of alkyl halides is 1. The molecular weight excluding hydrogens is 177 g/mol. The van der Waals surface area contributed by atoms with Crippen molar-refractivity contribution in [3.05, 3.63) is 0 Å². The van der Waals surface area contributed by atoms with Crippen molar-refractivity contribution in [2.75, 3.05) is 6.54 Å². The van der Waals surface area contributed by atoms with Crippen molar-refractivity contribution in [2.24, 2.45) is 17.6 Å². The van der Waals surface area contributed by atoms with Crippen molar-refractivity contribution >= 4 is 0 Å². The molecular formula is C12H24FN. The van der Waals surface area contributed by atoms with Gasteiger partial charge in [0.2, 0.25) is 0 Å². The fraction of sp³-hybridized carbons (Fsp3) is 1.00. The Morgan fingerprint density at radius 3 is 2.43 bits per heavy atom. The van der Waals surface area contributed by atoms with Crippen LogP contribution in [0.2, 0.25) is 0 Å². The lowest BCUT2D eigenvalue weighted by atomic mass is 9.69. The molecule has 0 amide bonds. The molecule has 0 saturated heterocycles. The van der Waals surface area contributed by atoms with Gasteiger partial charge in [-0.25, -0.2) is 4.39 Å². The van der Waals surface area contributed by atoms with Crippen LogP contribution in [0.25, 0.3) is 0 Å². The third kappa shape index (κ3) is 2.28. The maximum absolute atomic E-state index is 14.4. The Balaban J connectivity index is 2.70. The van der Waals surface area contributed by atoms with Gasteiger partial charge in [0.25, 0.3) is 0 Å². The molecule has 1 nitrogen and oxygen atoms in total. The van der Waals surface area contributed by atoms with Crippen molar-refractivity contribution in [1.29, 1.82) is 0 Å². The minimum atomic E-state index is -1.10. The molecule has 0 aromatic carbocycles. The molecule has 3 atom stereocenters. The molecule has 0 aliphatic heterocycles. The molecule has 3 unspecified atom stereocenters. The summed E-state index contributed by atoms with van der Waals surface area (Å²) in [6, 6.07) is 0. The first-order valence-corrected chi connectivity index (χ1v) is 6.07. The van der Waals surface area contributed by atoms with E-state index in [-0.39, 0.29) is 12.5 Å². The van der Waals surface area contributed by atoms with E-state index in [1.165, 1.54) is 19.3 Å². The highest BCUT2D eigenvalue weighted by Crippen LogP contribution is 2.42. The summed E-state index contributed by atoms with van der Waals surface area (Å²) in [5, 5.41) is 0. The molecule has 1 aliphatic rings. The molecule has 1 rings (SSSR count). The van der Waals surface area contributed by atoms with Crippen LogP contribution >= 0.6 is 0 Å². The predicted molar refractivity (Wildman–Crippen MR) is 58.9 cm³/mol. The second-order valence-corrected chi connectivity index (χ2v) is 4.65. The topological polar surface area (TPSA) is 26.0 Å². The molecule has 0 spiro atoms. The zero-order chi connectivity index (χ0) is 10.6. The van der Waals surface area contributed by atoms with E-state index in [1.54, 1.807) is 0 Å². The minimum Gasteiger partial charge on any atom is -0.328 e. The monoisotopic (exact) mass is 201 g/mol.